The van der Waals surface area contributed by atoms with Crippen LogP contribution < -0.4 is 0 Å². The predicted octanol–water partition coefficient (Wildman–Crippen LogP) is 1.68. The first-order chi connectivity index (χ1) is 5.63. The van der Waals surface area contributed by atoms with Crippen molar-refractivity contribution in [2.24, 2.45) is 4.99 Å². The van der Waals surface area contributed by atoms with Gasteiger partial charge in [-0.15, -0.1) is 0 Å². The van der Waals surface area contributed by atoms with Crippen molar-refractivity contribution in [3.63, 3.8) is 0 Å². The monoisotopic (exact) mass is 164 g/mol. The molecule has 3 heteroatoms. The average molecular weight is 164 g/mol. The van der Waals surface area contributed by atoms with E-state index in [-0.39, 0.29) is 5.91 Å². The Hall–Kier alpha value is -1.38. The molecule has 0 spiro atoms. The minimum atomic E-state index is 0.00796. The number of aliphatic imine (C=N–C) groups is 1. The van der Waals surface area contributed by atoms with Gasteiger partial charge in [0.1, 0.15) is 0 Å². The Morgan fingerprint density at radius 1 is 1.42 bits per heavy atom. The van der Waals surface area contributed by atoms with Gasteiger partial charge >= 0.3 is 0 Å². The van der Waals surface area contributed by atoms with Crippen LogP contribution in [0.1, 0.15) is 20.8 Å². The number of rotatable bonds is 0. The maximum Gasteiger partial charge on any atom is 0.228 e. The highest BCUT2D eigenvalue weighted by Crippen LogP contribution is 2.12. The van der Waals surface area contributed by atoms with Gasteiger partial charge in [0.05, 0.1) is 11.9 Å². The number of carbonyl (C=O) groups is 1. The summed E-state index contributed by atoms with van der Waals surface area (Å²) in [7, 11) is 0. The highest BCUT2D eigenvalue weighted by molar-refractivity contribution is 5.89. The number of hydrogen-bond acceptors (Lipinski definition) is 2. The molecule has 0 radical (unpaired) electrons. The maximum atomic E-state index is 11.1. The molecule has 0 unspecified atom stereocenters. The fraction of sp³-hybridized carbons (Fsp3) is 0.333. The van der Waals surface area contributed by atoms with Gasteiger partial charge in [-0.2, -0.15) is 0 Å². The molecule has 1 rings (SSSR count). The molecule has 64 valence electrons. The van der Waals surface area contributed by atoms with Gasteiger partial charge in [0.2, 0.25) is 5.91 Å². The molecule has 1 heterocycles. The lowest BCUT2D eigenvalue weighted by Gasteiger charge is -2.20. The van der Waals surface area contributed by atoms with Crippen LogP contribution >= 0.6 is 0 Å². The van der Waals surface area contributed by atoms with Gasteiger partial charge in [-0.05, 0) is 13.8 Å². The summed E-state index contributed by atoms with van der Waals surface area (Å²) in [6.07, 6.45) is 4.97. The third-order valence-corrected chi connectivity index (χ3v) is 1.61. The van der Waals surface area contributed by atoms with E-state index in [0.717, 1.165) is 11.3 Å². The van der Waals surface area contributed by atoms with Crippen molar-refractivity contribution < 1.29 is 4.79 Å². The van der Waals surface area contributed by atoms with Gasteiger partial charge in [-0.3, -0.25) is 14.7 Å². The van der Waals surface area contributed by atoms with Crippen molar-refractivity contribution in [2.75, 3.05) is 0 Å². The lowest BCUT2D eigenvalue weighted by atomic mass is 10.2. The number of hydrogen-bond donors (Lipinski definition) is 0. The van der Waals surface area contributed by atoms with E-state index in [4.69, 9.17) is 0 Å². The predicted molar refractivity (Wildman–Crippen MR) is 48.5 cm³/mol. The second-order valence-corrected chi connectivity index (χ2v) is 2.85. The Bertz CT molecular complexity index is 283. The first kappa shape index (κ1) is 8.71. The Balaban J connectivity index is 3.01. The second-order valence-electron chi connectivity index (χ2n) is 2.85. The van der Waals surface area contributed by atoms with E-state index in [1.165, 1.54) is 6.92 Å². The summed E-state index contributed by atoms with van der Waals surface area (Å²) in [5.41, 5.74) is 1.95. The molecule has 0 atom stereocenters. The molecule has 0 saturated heterocycles. The van der Waals surface area contributed by atoms with E-state index < -0.39 is 0 Å². The van der Waals surface area contributed by atoms with E-state index in [0.29, 0.717) is 0 Å². The summed E-state index contributed by atoms with van der Waals surface area (Å²) in [5.74, 6) is 0.00796. The van der Waals surface area contributed by atoms with Gasteiger partial charge in [-0.1, -0.05) is 5.57 Å². The Morgan fingerprint density at radius 3 is 2.50 bits per heavy atom. The van der Waals surface area contributed by atoms with E-state index in [1.807, 2.05) is 13.8 Å². The second kappa shape index (κ2) is 3.34. The van der Waals surface area contributed by atoms with Crippen LogP contribution in [0.15, 0.2) is 28.7 Å². The normalized spacial score (nSPS) is 15.2. The fourth-order valence-corrected chi connectivity index (χ4v) is 1.01. The molecular weight excluding hydrogens is 152 g/mol. The molecule has 0 N–H and O–H groups in total. The molecule has 0 aromatic heterocycles. The third kappa shape index (κ3) is 1.61. The van der Waals surface area contributed by atoms with Crippen LogP contribution in [0, 0.1) is 0 Å². The lowest BCUT2D eigenvalue weighted by Crippen LogP contribution is -2.25. The highest BCUT2D eigenvalue weighted by atomic mass is 16.2. The summed E-state index contributed by atoms with van der Waals surface area (Å²) in [5, 5.41) is 0. The van der Waals surface area contributed by atoms with Crippen LogP contribution in [0.5, 0.6) is 0 Å². The van der Waals surface area contributed by atoms with Gasteiger partial charge in [0, 0.05) is 19.3 Å². The van der Waals surface area contributed by atoms with Crippen LogP contribution in [0.4, 0.5) is 0 Å². The van der Waals surface area contributed by atoms with Gasteiger partial charge in [0.15, 0.2) is 0 Å². The molecule has 0 aromatic rings. The van der Waals surface area contributed by atoms with Gasteiger partial charge < -0.3 is 0 Å². The van der Waals surface area contributed by atoms with Crippen LogP contribution in [0.2, 0.25) is 0 Å². The first-order valence-corrected chi connectivity index (χ1v) is 3.80. The quantitative estimate of drug-likeness (QED) is 0.536. The SMILES string of the molecule is CC(=O)N1C=CN=CC1=C(C)C. The molecular formula is C9H12N2O. The van der Waals surface area contributed by atoms with Crippen molar-refractivity contribution in [2.45, 2.75) is 20.8 Å². The number of nitrogens with zero attached hydrogens (tertiary/aromatic N) is 2. The standard InChI is InChI=1S/C9H12N2O/c1-7(2)9-6-10-4-5-11(9)8(3)12/h4-6H,1-3H3. The van der Waals surface area contributed by atoms with Gasteiger partial charge in [-0.25, -0.2) is 0 Å². The third-order valence-electron chi connectivity index (χ3n) is 1.61. The average Bonchev–Trinajstić information content (AvgIpc) is 2.04. The lowest BCUT2D eigenvalue weighted by molar-refractivity contribution is -0.124. The summed E-state index contributed by atoms with van der Waals surface area (Å²) in [6, 6.07) is 0. The van der Waals surface area contributed by atoms with E-state index in [9.17, 15) is 4.79 Å². The topological polar surface area (TPSA) is 32.7 Å². The van der Waals surface area contributed by atoms with Crippen LogP contribution in [0.25, 0.3) is 0 Å². The Morgan fingerprint density at radius 2 is 2.08 bits per heavy atom. The van der Waals surface area contributed by atoms with Crippen molar-refractivity contribution >= 4 is 12.1 Å². The largest absolute Gasteiger partial charge is 0.285 e. The minimum absolute atomic E-state index is 0.00796. The number of amides is 1. The zero-order valence-corrected chi connectivity index (χ0v) is 7.53. The molecule has 0 saturated carbocycles. The zero-order chi connectivity index (χ0) is 9.14. The molecule has 1 amide bonds. The molecule has 0 aromatic carbocycles. The van der Waals surface area contributed by atoms with Crippen LogP contribution in [-0.2, 0) is 4.79 Å². The molecule has 12 heavy (non-hydrogen) atoms. The molecule has 3 nitrogen and oxygen atoms in total. The number of carbonyl (C=O) groups excluding carboxylic acids is 1. The van der Waals surface area contributed by atoms with Crippen molar-refractivity contribution in [3.8, 4) is 0 Å². The zero-order valence-electron chi connectivity index (χ0n) is 7.53. The first-order valence-electron chi connectivity index (χ1n) is 3.80. The van der Waals surface area contributed by atoms with Crippen molar-refractivity contribution in [3.05, 3.63) is 23.7 Å². The molecule has 1 aliphatic rings. The minimum Gasteiger partial charge on any atom is -0.285 e. The summed E-state index contributed by atoms with van der Waals surface area (Å²) in [6.45, 7) is 5.44. The summed E-state index contributed by atoms with van der Waals surface area (Å²) < 4.78 is 0. The number of allylic oxidation sites excluding steroid dienone is 2. The van der Waals surface area contributed by atoms with Gasteiger partial charge in [0.25, 0.3) is 0 Å². The van der Waals surface area contributed by atoms with E-state index in [2.05, 4.69) is 4.99 Å². The van der Waals surface area contributed by atoms with Crippen molar-refractivity contribution in [1.82, 2.24) is 4.90 Å². The Kier molecular flexibility index (Phi) is 2.43. The maximum absolute atomic E-state index is 11.1. The highest BCUT2D eigenvalue weighted by Gasteiger charge is 2.12. The smallest absolute Gasteiger partial charge is 0.228 e. The summed E-state index contributed by atoms with van der Waals surface area (Å²) in [4.78, 5) is 16.6. The summed E-state index contributed by atoms with van der Waals surface area (Å²) >= 11 is 0. The van der Waals surface area contributed by atoms with Crippen LogP contribution in [-0.4, -0.2) is 17.0 Å². The molecule has 0 aliphatic carbocycles. The van der Waals surface area contributed by atoms with E-state index >= 15 is 0 Å². The molecule has 1 aliphatic heterocycles. The molecule has 0 fully saturated rings. The molecule has 0 bridgehead atoms. The Labute approximate surface area is 72.1 Å². The van der Waals surface area contributed by atoms with Crippen molar-refractivity contribution in [1.29, 1.82) is 0 Å². The van der Waals surface area contributed by atoms with E-state index in [1.54, 1.807) is 23.5 Å². The van der Waals surface area contributed by atoms with Crippen LogP contribution in [0.3, 0.4) is 0 Å². The fourth-order valence-electron chi connectivity index (χ4n) is 1.01.